The van der Waals surface area contributed by atoms with Crippen molar-refractivity contribution in [3.8, 4) is 0 Å². The van der Waals surface area contributed by atoms with E-state index in [0.717, 1.165) is 62.1 Å². The predicted molar refractivity (Wildman–Crippen MR) is 107 cm³/mol. The van der Waals surface area contributed by atoms with Crippen molar-refractivity contribution in [2.45, 2.75) is 57.5 Å². The number of thioether (sulfide) groups is 1. The number of aryl methyl sites for hydroxylation is 2. The van der Waals surface area contributed by atoms with E-state index in [0.29, 0.717) is 12.5 Å². The van der Waals surface area contributed by atoms with Crippen LogP contribution >= 0.6 is 36.6 Å². The molecule has 0 spiro atoms. The molecule has 1 unspecified atom stereocenters. The topological polar surface area (TPSA) is 71.8 Å². The molecule has 0 bridgehead atoms. The van der Waals surface area contributed by atoms with Crippen LogP contribution in [0.25, 0.3) is 0 Å². The van der Waals surface area contributed by atoms with E-state index in [1.807, 2.05) is 11.8 Å². The Morgan fingerprint density at radius 2 is 2.16 bits per heavy atom. The lowest BCUT2D eigenvalue weighted by Crippen LogP contribution is -2.41. The molecule has 2 aliphatic heterocycles. The Kier molecular flexibility index (Phi) is 10.8. The number of amides is 1. The largest absolute Gasteiger partial charge is 0.356 e. The van der Waals surface area contributed by atoms with Gasteiger partial charge in [-0.1, -0.05) is 6.42 Å². The Balaban J connectivity index is 0.00000156. The lowest BCUT2D eigenvalue weighted by atomic mass is 10.2. The first-order valence-electron chi connectivity index (χ1n) is 8.82. The maximum atomic E-state index is 12.0. The fourth-order valence-electron chi connectivity index (χ4n) is 3.25. The molecule has 0 aromatic carbocycles. The number of rotatable bonds is 6. The van der Waals surface area contributed by atoms with Gasteiger partial charge in [-0.2, -0.15) is 11.8 Å². The molecule has 2 aliphatic rings. The smallest absolute Gasteiger partial charge is 0.221 e. The van der Waals surface area contributed by atoms with Gasteiger partial charge < -0.3 is 15.2 Å². The van der Waals surface area contributed by atoms with Crippen LogP contribution in [0.2, 0.25) is 0 Å². The van der Waals surface area contributed by atoms with Crippen molar-refractivity contribution < 1.29 is 4.79 Å². The molecule has 0 saturated carbocycles. The number of halogens is 2. The Labute approximate surface area is 166 Å². The van der Waals surface area contributed by atoms with Crippen LogP contribution in [0.4, 0.5) is 0 Å². The van der Waals surface area contributed by atoms with E-state index in [1.54, 1.807) is 0 Å². The molecule has 0 radical (unpaired) electrons. The number of fused-ring (bicyclic) bond motifs is 1. The van der Waals surface area contributed by atoms with Crippen molar-refractivity contribution in [1.82, 2.24) is 25.4 Å². The summed E-state index contributed by atoms with van der Waals surface area (Å²) in [6.07, 6.45) is 7.19. The Hall–Kier alpha value is -0.500. The van der Waals surface area contributed by atoms with E-state index in [-0.39, 0.29) is 30.7 Å². The molecule has 3 heterocycles. The Bertz CT molecular complexity index is 523. The maximum absolute atomic E-state index is 12.0. The summed E-state index contributed by atoms with van der Waals surface area (Å²) in [5, 5.41) is 15.1. The molecule has 1 aromatic rings. The normalized spacial score (nSPS) is 19.8. The molecule has 2 N–H and O–H groups in total. The number of hydrogen-bond acceptors (Lipinski definition) is 5. The summed E-state index contributed by atoms with van der Waals surface area (Å²) < 4.78 is 2.29. The zero-order valence-corrected chi connectivity index (χ0v) is 17.0. The van der Waals surface area contributed by atoms with E-state index in [2.05, 4.69) is 25.4 Å². The van der Waals surface area contributed by atoms with E-state index in [4.69, 9.17) is 0 Å². The van der Waals surface area contributed by atoms with Crippen LogP contribution in [0.3, 0.4) is 0 Å². The summed E-state index contributed by atoms with van der Waals surface area (Å²) in [5.74, 6) is 4.58. The zero-order valence-electron chi connectivity index (χ0n) is 14.5. The predicted octanol–water partition coefficient (Wildman–Crippen LogP) is 1.99. The van der Waals surface area contributed by atoms with E-state index < -0.39 is 0 Å². The van der Waals surface area contributed by atoms with Crippen molar-refractivity contribution in [2.24, 2.45) is 0 Å². The highest BCUT2D eigenvalue weighted by Gasteiger charge is 2.17. The van der Waals surface area contributed by atoms with Crippen molar-refractivity contribution >= 4 is 42.5 Å². The van der Waals surface area contributed by atoms with Crippen LogP contribution in [0.15, 0.2) is 0 Å². The second kappa shape index (κ2) is 12.0. The average molecular weight is 410 g/mol. The minimum Gasteiger partial charge on any atom is -0.356 e. The molecular weight excluding hydrogens is 381 g/mol. The van der Waals surface area contributed by atoms with Crippen molar-refractivity contribution in [2.75, 3.05) is 24.6 Å². The van der Waals surface area contributed by atoms with Gasteiger partial charge in [-0.25, -0.2) is 0 Å². The fourth-order valence-corrected chi connectivity index (χ4v) is 4.20. The van der Waals surface area contributed by atoms with Gasteiger partial charge in [-0.15, -0.1) is 35.0 Å². The van der Waals surface area contributed by atoms with Gasteiger partial charge in [0, 0.05) is 56.4 Å². The summed E-state index contributed by atoms with van der Waals surface area (Å²) in [5.41, 5.74) is 0. The lowest BCUT2D eigenvalue weighted by molar-refractivity contribution is -0.121. The molecule has 3 rings (SSSR count). The zero-order chi connectivity index (χ0) is 15.9. The van der Waals surface area contributed by atoms with Crippen LogP contribution in [0.5, 0.6) is 0 Å². The van der Waals surface area contributed by atoms with Gasteiger partial charge in [0.15, 0.2) is 0 Å². The number of nitrogens with one attached hydrogen (secondary N) is 2. The highest BCUT2D eigenvalue weighted by molar-refractivity contribution is 7.99. The first-order chi connectivity index (χ1) is 11.3. The van der Waals surface area contributed by atoms with Crippen LogP contribution in [-0.4, -0.2) is 51.3 Å². The summed E-state index contributed by atoms with van der Waals surface area (Å²) >= 11 is 1.93. The van der Waals surface area contributed by atoms with Gasteiger partial charge in [0.25, 0.3) is 0 Å². The third kappa shape index (κ3) is 6.96. The Morgan fingerprint density at radius 1 is 1.28 bits per heavy atom. The summed E-state index contributed by atoms with van der Waals surface area (Å²) in [6, 6.07) is 0.334. The summed E-state index contributed by atoms with van der Waals surface area (Å²) in [6.45, 7) is 2.79. The molecule has 144 valence electrons. The minimum atomic E-state index is 0. The second-order valence-electron chi connectivity index (χ2n) is 6.38. The third-order valence-corrected chi connectivity index (χ3v) is 5.65. The van der Waals surface area contributed by atoms with Crippen molar-refractivity contribution in [3.05, 3.63) is 11.6 Å². The van der Waals surface area contributed by atoms with Gasteiger partial charge in [0.05, 0.1) is 0 Å². The molecule has 1 fully saturated rings. The SMILES string of the molecule is Cl.Cl.O=C(CC1CSCCN1)NCCCc1nnc2n1CCCCC2. The van der Waals surface area contributed by atoms with Gasteiger partial charge in [0.1, 0.15) is 11.6 Å². The number of aromatic nitrogens is 3. The van der Waals surface area contributed by atoms with Gasteiger partial charge in [-0.3, -0.25) is 4.79 Å². The monoisotopic (exact) mass is 409 g/mol. The molecule has 25 heavy (non-hydrogen) atoms. The van der Waals surface area contributed by atoms with E-state index >= 15 is 0 Å². The van der Waals surface area contributed by atoms with Crippen LogP contribution in [0.1, 0.15) is 43.8 Å². The van der Waals surface area contributed by atoms with Crippen molar-refractivity contribution in [3.63, 3.8) is 0 Å². The standard InChI is InChI=1S/C16H27N5OS.2ClH/c22-16(11-13-12-23-10-8-17-13)18-7-4-6-15-20-19-14-5-2-1-3-9-21(14)15;;/h13,17H,1-12H2,(H,18,22);2*1H. The van der Waals surface area contributed by atoms with Gasteiger partial charge >= 0.3 is 0 Å². The molecule has 1 aromatic heterocycles. The van der Waals surface area contributed by atoms with Gasteiger partial charge in [0.2, 0.25) is 5.91 Å². The molecule has 1 saturated heterocycles. The number of nitrogens with zero attached hydrogens (tertiary/aromatic N) is 3. The second-order valence-corrected chi connectivity index (χ2v) is 7.53. The first kappa shape index (κ1) is 22.5. The first-order valence-corrected chi connectivity index (χ1v) is 9.97. The highest BCUT2D eigenvalue weighted by atomic mass is 35.5. The highest BCUT2D eigenvalue weighted by Crippen LogP contribution is 2.15. The molecule has 1 atom stereocenters. The Morgan fingerprint density at radius 3 is 2.96 bits per heavy atom. The molecule has 6 nitrogen and oxygen atoms in total. The fraction of sp³-hybridized carbons (Fsp3) is 0.812. The van der Waals surface area contributed by atoms with Crippen LogP contribution < -0.4 is 10.6 Å². The lowest BCUT2D eigenvalue weighted by Gasteiger charge is -2.22. The quantitative estimate of drug-likeness (QED) is 0.702. The third-order valence-electron chi connectivity index (χ3n) is 4.52. The van der Waals surface area contributed by atoms with E-state index in [1.165, 1.54) is 19.3 Å². The maximum Gasteiger partial charge on any atom is 0.221 e. The minimum absolute atomic E-state index is 0. The summed E-state index contributed by atoms with van der Waals surface area (Å²) in [7, 11) is 0. The average Bonchev–Trinajstić information content (AvgIpc) is 2.79. The number of hydrogen-bond donors (Lipinski definition) is 2. The van der Waals surface area contributed by atoms with E-state index in [9.17, 15) is 4.79 Å². The number of carbonyl (C=O) groups is 1. The van der Waals surface area contributed by atoms with Crippen molar-refractivity contribution in [1.29, 1.82) is 0 Å². The van der Waals surface area contributed by atoms with Gasteiger partial charge in [-0.05, 0) is 19.3 Å². The number of carbonyl (C=O) groups excluding carboxylic acids is 1. The molecule has 0 aliphatic carbocycles. The molecule has 1 amide bonds. The summed E-state index contributed by atoms with van der Waals surface area (Å²) in [4.78, 5) is 12.0. The van der Waals surface area contributed by atoms with Crippen LogP contribution in [0, 0.1) is 0 Å². The molecule has 9 heteroatoms. The molecular formula is C16H29Cl2N5OS. The van der Waals surface area contributed by atoms with Crippen LogP contribution in [-0.2, 0) is 24.2 Å².